The summed E-state index contributed by atoms with van der Waals surface area (Å²) in [4.78, 5) is 36.4. The number of likely N-dealkylation sites (tertiary alicyclic amines) is 1. The zero-order chi connectivity index (χ0) is 18.9. The summed E-state index contributed by atoms with van der Waals surface area (Å²) >= 11 is 0. The summed E-state index contributed by atoms with van der Waals surface area (Å²) < 4.78 is 0. The molecule has 2 aromatic rings. The maximum atomic E-state index is 13.4. The monoisotopic (exact) mass is 364 g/mol. The molecule has 2 aliphatic heterocycles. The van der Waals surface area contributed by atoms with Crippen molar-refractivity contribution >= 4 is 11.9 Å². The predicted octanol–water partition coefficient (Wildman–Crippen LogP) is 2.51. The van der Waals surface area contributed by atoms with E-state index in [1.165, 1.54) is 4.90 Å². The van der Waals surface area contributed by atoms with Gasteiger partial charge in [-0.25, -0.2) is 4.79 Å². The Hall–Kier alpha value is -2.73. The maximum absolute atomic E-state index is 13.4. The highest BCUT2D eigenvalue weighted by Gasteiger charge is 2.57. The van der Waals surface area contributed by atoms with Gasteiger partial charge in [0, 0.05) is 25.8 Å². The van der Waals surface area contributed by atoms with Gasteiger partial charge < -0.3 is 9.80 Å². The lowest BCUT2D eigenvalue weighted by molar-refractivity contribution is -0.136. The van der Waals surface area contributed by atoms with Crippen LogP contribution in [0.2, 0.25) is 0 Å². The van der Waals surface area contributed by atoms with E-state index in [0.29, 0.717) is 19.4 Å². The van der Waals surface area contributed by atoms with Crippen molar-refractivity contribution in [2.75, 3.05) is 20.1 Å². The summed E-state index contributed by atoms with van der Waals surface area (Å²) in [5.74, 6) is -0.0813. The Morgan fingerprint density at radius 1 is 0.963 bits per heavy atom. The van der Waals surface area contributed by atoms with Gasteiger partial charge in [-0.15, -0.1) is 0 Å². The Morgan fingerprint density at radius 3 is 2.33 bits per heavy atom. The third kappa shape index (κ3) is 3.21. The molecule has 2 aliphatic rings. The second-order valence-corrected chi connectivity index (χ2v) is 7.40. The summed E-state index contributed by atoms with van der Waals surface area (Å²) in [6.45, 7) is 2.29. The zero-order valence-electron chi connectivity index (χ0n) is 15.5. The SMILES string of the molecule is CN1CCC2(CC1)C(=O)N(Cc1ccccn1)C(=O)N2Cc1ccccc1. The summed E-state index contributed by atoms with van der Waals surface area (Å²) in [6, 6.07) is 15.2. The van der Waals surface area contributed by atoms with Crippen LogP contribution in [0.25, 0.3) is 0 Å². The van der Waals surface area contributed by atoms with Crippen molar-refractivity contribution in [1.82, 2.24) is 19.7 Å². The molecule has 1 aromatic carbocycles. The number of pyridine rings is 1. The van der Waals surface area contributed by atoms with E-state index >= 15 is 0 Å². The van der Waals surface area contributed by atoms with E-state index < -0.39 is 5.54 Å². The van der Waals surface area contributed by atoms with Crippen molar-refractivity contribution in [3.63, 3.8) is 0 Å². The first kappa shape index (κ1) is 17.7. The van der Waals surface area contributed by atoms with Crippen LogP contribution in [0.5, 0.6) is 0 Å². The molecule has 3 heterocycles. The molecular weight excluding hydrogens is 340 g/mol. The molecule has 140 valence electrons. The fourth-order valence-electron chi connectivity index (χ4n) is 4.03. The van der Waals surface area contributed by atoms with E-state index in [1.54, 1.807) is 11.1 Å². The number of rotatable bonds is 4. The van der Waals surface area contributed by atoms with E-state index in [1.807, 2.05) is 48.5 Å². The zero-order valence-corrected chi connectivity index (χ0v) is 15.5. The van der Waals surface area contributed by atoms with Gasteiger partial charge in [-0.3, -0.25) is 14.7 Å². The van der Waals surface area contributed by atoms with Gasteiger partial charge >= 0.3 is 6.03 Å². The van der Waals surface area contributed by atoms with Crippen LogP contribution >= 0.6 is 0 Å². The van der Waals surface area contributed by atoms with Crippen molar-refractivity contribution in [2.45, 2.75) is 31.5 Å². The molecular formula is C21H24N4O2. The first-order valence-corrected chi connectivity index (χ1v) is 9.36. The number of hydrogen-bond acceptors (Lipinski definition) is 4. The quantitative estimate of drug-likeness (QED) is 0.783. The first-order chi connectivity index (χ1) is 13.1. The lowest BCUT2D eigenvalue weighted by Gasteiger charge is -2.41. The summed E-state index contributed by atoms with van der Waals surface area (Å²) in [7, 11) is 2.06. The van der Waals surface area contributed by atoms with Crippen molar-refractivity contribution in [2.24, 2.45) is 0 Å². The van der Waals surface area contributed by atoms with Crippen molar-refractivity contribution in [1.29, 1.82) is 0 Å². The van der Waals surface area contributed by atoms with Crippen LogP contribution in [0.1, 0.15) is 24.1 Å². The van der Waals surface area contributed by atoms with Crippen LogP contribution in [0, 0.1) is 0 Å². The van der Waals surface area contributed by atoms with Gasteiger partial charge in [0.05, 0.1) is 12.2 Å². The number of carbonyl (C=O) groups excluding carboxylic acids is 2. The second kappa shape index (κ2) is 7.12. The Kier molecular flexibility index (Phi) is 4.66. The maximum Gasteiger partial charge on any atom is 0.328 e. The smallest absolute Gasteiger partial charge is 0.306 e. The average Bonchev–Trinajstić information content (AvgIpc) is 2.88. The number of carbonyl (C=O) groups is 2. The number of imide groups is 1. The van der Waals surface area contributed by atoms with Crippen LogP contribution in [-0.4, -0.2) is 57.3 Å². The first-order valence-electron chi connectivity index (χ1n) is 9.36. The van der Waals surface area contributed by atoms with E-state index in [-0.39, 0.29) is 18.5 Å². The van der Waals surface area contributed by atoms with Crippen LogP contribution in [0.4, 0.5) is 4.79 Å². The highest BCUT2D eigenvalue weighted by molar-refractivity contribution is 6.07. The van der Waals surface area contributed by atoms with E-state index in [9.17, 15) is 9.59 Å². The van der Waals surface area contributed by atoms with Gasteiger partial charge in [-0.1, -0.05) is 36.4 Å². The number of amides is 3. The van der Waals surface area contributed by atoms with Gasteiger partial charge in [0.2, 0.25) is 0 Å². The number of hydrogen-bond donors (Lipinski definition) is 0. The lowest BCUT2D eigenvalue weighted by atomic mass is 9.85. The Morgan fingerprint density at radius 2 is 1.67 bits per heavy atom. The van der Waals surface area contributed by atoms with Gasteiger partial charge in [-0.2, -0.15) is 0 Å². The lowest BCUT2D eigenvalue weighted by Crippen LogP contribution is -2.55. The number of aromatic nitrogens is 1. The normalized spacial score (nSPS) is 19.9. The fourth-order valence-corrected chi connectivity index (χ4v) is 4.03. The Balaban J connectivity index is 1.66. The van der Waals surface area contributed by atoms with Crippen molar-refractivity contribution < 1.29 is 9.59 Å². The fraction of sp³-hybridized carbons (Fsp3) is 0.381. The molecule has 6 nitrogen and oxygen atoms in total. The van der Waals surface area contributed by atoms with Crippen molar-refractivity contribution in [3.8, 4) is 0 Å². The topological polar surface area (TPSA) is 56.8 Å². The van der Waals surface area contributed by atoms with Crippen LogP contribution in [0.3, 0.4) is 0 Å². The van der Waals surface area contributed by atoms with Gasteiger partial charge in [0.1, 0.15) is 5.54 Å². The molecule has 0 atom stereocenters. The Bertz CT molecular complexity index is 817. The molecule has 2 saturated heterocycles. The van der Waals surface area contributed by atoms with Gasteiger partial charge in [0.15, 0.2) is 0 Å². The molecule has 0 aliphatic carbocycles. The van der Waals surface area contributed by atoms with E-state index in [0.717, 1.165) is 24.3 Å². The molecule has 3 amide bonds. The molecule has 0 unspecified atom stereocenters. The number of piperidine rings is 1. The number of benzene rings is 1. The molecule has 0 radical (unpaired) electrons. The van der Waals surface area contributed by atoms with Gasteiger partial charge in [-0.05, 0) is 37.6 Å². The third-order valence-electron chi connectivity index (χ3n) is 5.67. The van der Waals surface area contributed by atoms with Crippen LogP contribution < -0.4 is 0 Å². The molecule has 1 aromatic heterocycles. The summed E-state index contributed by atoms with van der Waals surface area (Å²) in [5.41, 5.74) is 1.02. The molecule has 0 N–H and O–H groups in total. The molecule has 2 fully saturated rings. The molecule has 1 spiro atoms. The van der Waals surface area contributed by atoms with Crippen LogP contribution in [-0.2, 0) is 17.9 Å². The minimum Gasteiger partial charge on any atom is -0.306 e. The minimum atomic E-state index is -0.742. The van der Waals surface area contributed by atoms with Crippen molar-refractivity contribution in [3.05, 3.63) is 66.0 Å². The van der Waals surface area contributed by atoms with E-state index in [4.69, 9.17) is 0 Å². The number of nitrogens with zero attached hydrogens (tertiary/aromatic N) is 4. The summed E-state index contributed by atoms with van der Waals surface area (Å²) in [6.07, 6.45) is 3.02. The molecule has 0 saturated carbocycles. The van der Waals surface area contributed by atoms with E-state index in [2.05, 4.69) is 16.9 Å². The summed E-state index contributed by atoms with van der Waals surface area (Å²) in [5, 5.41) is 0. The Labute approximate surface area is 159 Å². The standard InChI is InChI=1S/C21H24N4O2/c1-23-13-10-21(11-14-23)19(26)24(16-18-9-5-6-12-22-18)20(27)25(21)15-17-7-3-2-4-8-17/h2-9,12H,10-11,13-16H2,1H3. The highest BCUT2D eigenvalue weighted by atomic mass is 16.2. The predicted molar refractivity (Wildman–Crippen MR) is 102 cm³/mol. The van der Waals surface area contributed by atoms with Crippen LogP contribution in [0.15, 0.2) is 54.7 Å². The molecule has 27 heavy (non-hydrogen) atoms. The highest BCUT2D eigenvalue weighted by Crippen LogP contribution is 2.38. The molecule has 0 bridgehead atoms. The third-order valence-corrected chi connectivity index (χ3v) is 5.67. The molecule has 6 heteroatoms. The molecule has 4 rings (SSSR count). The largest absolute Gasteiger partial charge is 0.328 e. The average molecular weight is 364 g/mol. The van der Waals surface area contributed by atoms with Gasteiger partial charge in [0.25, 0.3) is 5.91 Å². The number of urea groups is 1. The second-order valence-electron chi connectivity index (χ2n) is 7.40. The minimum absolute atomic E-state index is 0.0813.